The van der Waals surface area contributed by atoms with Crippen LogP contribution in [0.1, 0.15) is 18.1 Å². The van der Waals surface area contributed by atoms with Gasteiger partial charge in [-0.1, -0.05) is 17.7 Å². The van der Waals surface area contributed by atoms with Gasteiger partial charge in [-0.2, -0.15) is 11.8 Å². The fraction of sp³-hybridized carbons (Fsp3) is 0.238. The summed E-state index contributed by atoms with van der Waals surface area (Å²) < 4.78 is 33.0. The zero-order valence-electron chi connectivity index (χ0n) is 15.1. The Hall–Kier alpha value is -2.27. The Bertz CT molecular complexity index is 876. The van der Waals surface area contributed by atoms with E-state index in [1.165, 1.54) is 23.3 Å². The van der Waals surface area contributed by atoms with Gasteiger partial charge < -0.3 is 9.64 Å². The molecule has 5 heteroatoms. The van der Waals surface area contributed by atoms with Crippen molar-refractivity contribution in [1.29, 1.82) is 0 Å². The maximum absolute atomic E-state index is 14.0. The van der Waals surface area contributed by atoms with E-state index in [1.54, 1.807) is 11.8 Å². The average Bonchev–Trinajstić information content (AvgIpc) is 2.58. The summed E-state index contributed by atoms with van der Waals surface area (Å²) in [4.78, 5) is 2.11. The number of thioether (sulfide) groups is 1. The minimum absolute atomic E-state index is 0.00994. The van der Waals surface area contributed by atoms with Crippen LogP contribution in [0.25, 0.3) is 5.57 Å². The summed E-state index contributed by atoms with van der Waals surface area (Å²) in [5, 5.41) is 0. The molecule has 2 nitrogen and oxygen atoms in total. The lowest BCUT2D eigenvalue weighted by Gasteiger charge is -2.23. The van der Waals surface area contributed by atoms with E-state index in [9.17, 15) is 8.78 Å². The first kappa shape index (κ1) is 18.5. The molecule has 2 aromatic carbocycles. The van der Waals surface area contributed by atoms with Gasteiger partial charge in [-0.05, 0) is 43.0 Å². The number of hydrogen-bond acceptors (Lipinski definition) is 3. The summed E-state index contributed by atoms with van der Waals surface area (Å²) in [6, 6.07) is 9.23. The van der Waals surface area contributed by atoms with E-state index in [1.807, 2.05) is 19.2 Å². The van der Waals surface area contributed by atoms with Crippen LogP contribution in [0.5, 0.6) is 11.5 Å². The lowest BCUT2D eigenvalue weighted by molar-refractivity contribution is 0.436. The van der Waals surface area contributed by atoms with E-state index in [-0.39, 0.29) is 5.75 Å². The normalized spacial score (nSPS) is 14.1. The van der Waals surface area contributed by atoms with Crippen molar-refractivity contribution in [3.05, 3.63) is 77.0 Å². The molecule has 2 aromatic rings. The lowest BCUT2D eigenvalue weighted by Crippen LogP contribution is -2.17. The minimum atomic E-state index is -0.717. The largest absolute Gasteiger partial charge is 0.454 e. The van der Waals surface area contributed by atoms with Gasteiger partial charge in [0.2, 0.25) is 0 Å². The van der Waals surface area contributed by atoms with Crippen molar-refractivity contribution in [2.24, 2.45) is 0 Å². The second-order valence-electron chi connectivity index (χ2n) is 6.43. The molecule has 1 aliphatic heterocycles. The summed E-state index contributed by atoms with van der Waals surface area (Å²) >= 11 is 1.74. The van der Waals surface area contributed by atoms with Gasteiger partial charge in [0.1, 0.15) is 11.6 Å². The van der Waals surface area contributed by atoms with Crippen molar-refractivity contribution in [2.45, 2.75) is 12.7 Å². The number of allylic oxidation sites excluding steroid dienone is 2. The number of nitrogens with zero attached hydrogens (tertiary/aromatic N) is 1. The molecule has 0 saturated carbocycles. The van der Waals surface area contributed by atoms with E-state index in [4.69, 9.17) is 4.74 Å². The molecular formula is C21H21F2NOS. The van der Waals surface area contributed by atoms with Crippen LogP contribution < -0.4 is 4.74 Å². The van der Waals surface area contributed by atoms with Crippen LogP contribution in [0, 0.1) is 11.6 Å². The van der Waals surface area contributed by atoms with Gasteiger partial charge in [0.25, 0.3) is 0 Å². The molecule has 3 rings (SSSR count). The predicted octanol–water partition coefficient (Wildman–Crippen LogP) is 5.85. The number of likely N-dealkylation sites (N-methyl/N-ethyl adjacent to an activating group) is 1. The van der Waals surface area contributed by atoms with Crippen LogP contribution in [-0.2, 0) is 5.75 Å². The summed E-state index contributed by atoms with van der Waals surface area (Å²) in [5.41, 5.74) is 4.31. The summed E-state index contributed by atoms with van der Waals surface area (Å²) in [6.07, 6.45) is 6.22. The van der Waals surface area contributed by atoms with Crippen molar-refractivity contribution in [2.75, 3.05) is 19.8 Å². The van der Waals surface area contributed by atoms with Crippen LogP contribution in [0.3, 0.4) is 0 Å². The molecule has 0 saturated heterocycles. The number of ether oxygens (including phenoxy) is 1. The quantitative estimate of drug-likeness (QED) is 0.652. The number of rotatable bonds is 5. The van der Waals surface area contributed by atoms with E-state index < -0.39 is 11.6 Å². The van der Waals surface area contributed by atoms with Crippen molar-refractivity contribution in [1.82, 2.24) is 4.90 Å². The van der Waals surface area contributed by atoms with Gasteiger partial charge in [-0.25, -0.2) is 8.78 Å². The van der Waals surface area contributed by atoms with Crippen molar-refractivity contribution in [3.63, 3.8) is 0 Å². The standard InChI is InChI=1S/C21H21F2NOS/c1-14-8-16(12-24(2)11-14)18-9-15(13-26-3)4-6-20(18)25-21-7-5-17(22)10-19(21)23/h4-10,12H,11,13H2,1-3H3. The first-order valence-corrected chi connectivity index (χ1v) is 9.70. The van der Waals surface area contributed by atoms with E-state index in [0.29, 0.717) is 5.75 Å². The van der Waals surface area contributed by atoms with Gasteiger partial charge >= 0.3 is 0 Å². The molecule has 136 valence electrons. The fourth-order valence-corrected chi connectivity index (χ4v) is 3.51. The lowest BCUT2D eigenvalue weighted by atomic mass is 9.99. The Morgan fingerprint density at radius 3 is 2.58 bits per heavy atom. The first-order chi connectivity index (χ1) is 12.5. The maximum Gasteiger partial charge on any atom is 0.168 e. The van der Waals surface area contributed by atoms with E-state index in [2.05, 4.69) is 36.4 Å². The monoisotopic (exact) mass is 373 g/mol. The molecule has 26 heavy (non-hydrogen) atoms. The molecule has 0 aromatic heterocycles. The van der Waals surface area contributed by atoms with Gasteiger partial charge in [-0.3, -0.25) is 0 Å². The molecule has 0 radical (unpaired) electrons. The highest BCUT2D eigenvalue weighted by atomic mass is 32.2. The SMILES string of the molecule is CSCc1ccc(Oc2ccc(F)cc2F)c(C2=CN(C)CC(C)=C2)c1. The summed E-state index contributed by atoms with van der Waals surface area (Å²) in [7, 11) is 2.02. The third kappa shape index (κ3) is 4.28. The Morgan fingerprint density at radius 1 is 1.12 bits per heavy atom. The molecule has 0 spiro atoms. The maximum atomic E-state index is 14.0. The molecule has 1 aliphatic rings. The zero-order valence-corrected chi connectivity index (χ0v) is 15.9. The molecule has 0 bridgehead atoms. The molecule has 0 unspecified atom stereocenters. The van der Waals surface area contributed by atoms with Crippen LogP contribution in [0.15, 0.2) is 54.2 Å². The predicted molar refractivity (Wildman–Crippen MR) is 104 cm³/mol. The summed E-state index contributed by atoms with van der Waals surface area (Å²) in [5.74, 6) is 0.0946. The van der Waals surface area contributed by atoms with Gasteiger partial charge in [0.15, 0.2) is 11.6 Å². The molecular weight excluding hydrogens is 352 g/mol. The second-order valence-corrected chi connectivity index (χ2v) is 7.30. The van der Waals surface area contributed by atoms with Crippen molar-refractivity contribution in [3.8, 4) is 11.5 Å². The van der Waals surface area contributed by atoms with E-state index in [0.717, 1.165) is 29.5 Å². The molecule has 0 fully saturated rings. The van der Waals surface area contributed by atoms with Gasteiger partial charge in [-0.15, -0.1) is 0 Å². The Morgan fingerprint density at radius 2 is 1.88 bits per heavy atom. The van der Waals surface area contributed by atoms with E-state index >= 15 is 0 Å². The van der Waals surface area contributed by atoms with Gasteiger partial charge in [0, 0.05) is 42.7 Å². The fourth-order valence-electron chi connectivity index (χ4n) is 3.00. The molecule has 1 heterocycles. The average molecular weight is 373 g/mol. The third-order valence-electron chi connectivity index (χ3n) is 4.04. The van der Waals surface area contributed by atoms with Crippen LogP contribution in [-0.4, -0.2) is 24.7 Å². The Balaban J connectivity index is 2.04. The number of hydrogen-bond donors (Lipinski definition) is 0. The zero-order chi connectivity index (χ0) is 18.7. The molecule has 0 N–H and O–H groups in total. The Kier molecular flexibility index (Phi) is 5.67. The third-order valence-corrected chi connectivity index (χ3v) is 4.66. The van der Waals surface area contributed by atoms with Gasteiger partial charge in [0.05, 0.1) is 0 Å². The highest BCUT2D eigenvalue weighted by Crippen LogP contribution is 2.35. The second kappa shape index (κ2) is 7.96. The number of benzene rings is 2. The highest BCUT2D eigenvalue weighted by Gasteiger charge is 2.15. The van der Waals surface area contributed by atoms with Crippen LogP contribution >= 0.6 is 11.8 Å². The molecule has 0 atom stereocenters. The van der Waals surface area contributed by atoms with Crippen molar-refractivity contribution < 1.29 is 13.5 Å². The first-order valence-electron chi connectivity index (χ1n) is 8.30. The van der Waals surface area contributed by atoms with Crippen LogP contribution in [0.4, 0.5) is 8.78 Å². The Labute approximate surface area is 157 Å². The summed E-state index contributed by atoms with van der Waals surface area (Å²) in [6.45, 7) is 2.95. The smallest absolute Gasteiger partial charge is 0.168 e. The van der Waals surface area contributed by atoms with Crippen LogP contribution in [0.2, 0.25) is 0 Å². The van der Waals surface area contributed by atoms with Crippen molar-refractivity contribution >= 4 is 17.3 Å². The molecule has 0 aliphatic carbocycles. The minimum Gasteiger partial charge on any atom is -0.454 e. The number of halogens is 2. The topological polar surface area (TPSA) is 12.5 Å². The molecule has 0 amide bonds. The highest BCUT2D eigenvalue weighted by molar-refractivity contribution is 7.97.